The van der Waals surface area contributed by atoms with Crippen molar-refractivity contribution in [3.8, 4) is 0 Å². The summed E-state index contributed by atoms with van der Waals surface area (Å²) < 4.78 is 5.37. The predicted molar refractivity (Wildman–Crippen MR) is 147 cm³/mol. The van der Waals surface area contributed by atoms with E-state index in [9.17, 15) is 14.4 Å². The summed E-state index contributed by atoms with van der Waals surface area (Å²) in [4.78, 5) is 41.3. The van der Waals surface area contributed by atoms with Gasteiger partial charge in [-0.2, -0.15) is 0 Å². The second-order valence-corrected chi connectivity index (χ2v) is 10.7. The fourth-order valence-electron chi connectivity index (χ4n) is 4.16. The number of nitrogens with zero attached hydrogens (tertiary/aromatic N) is 1. The van der Waals surface area contributed by atoms with Crippen molar-refractivity contribution in [2.75, 3.05) is 12.4 Å². The molecule has 0 bridgehead atoms. The first kappa shape index (κ1) is 27.7. The standard InChI is InChI=1S/C30H37N3O4/c1-19(2)25(32-29(36)37-30(4,5)6)28(35)33(7)26(23-14-10-11-20(3)17-23)27(34)31-24-16-15-21-12-8-9-13-22(21)18-24/h8-19,25-26H,1-7H3,(H,31,34)(H,32,36). The van der Waals surface area contributed by atoms with Crippen LogP contribution in [0.25, 0.3) is 10.8 Å². The Hall–Kier alpha value is -3.87. The molecule has 2 N–H and O–H groups in total. The number of aryl methyl sites for hydroxylation is 1. The van der Waals surface area contributed by atoms with Crippen molar-refractivity contribution in [3.05, 3.63) is 77.9 Å². The van der Waals surface area contributed by atoms with Gasteiger partial charge in [0.1, 0.15) is 17.7 Å². The van der Waals surface area contributed by atoms with Crippen LogP contribution in [0.3, 0.4) is 0 Å². The molecule has 2 atom stereocenters. The number of benzene rings is 3. The van der Waals surface area contributed by atoms with Crippen LogP contribution in [-0.2, 0) is 14.3 Å². The number of carbonyl (C=O) groups is 3. The van der Waals surface area contributed by atoms with Crippen LogP contribution in [0.15, 0.2) is 66.7 Å². The van der Waals surface area contributed by atoms with E-state index in [0.29, 0.717) is 11.3 Å². The van der Waals surface area contributed by atoms with Gasteiger partial charge in [0.25, 0.3) is 5.91 Å². The van der Waals surface area contributed by atoms with Crippen LogP contribution in [0.2, 0.25) is 0 Å². The molecule has 2 unspecified atom stereocenters. The van der Waals surface area contributed by atoms with Gasteiger partial charge >= 0.3 is 6.09 Å². The summed E-state index contributed by atoms with van der Waals surface area (Å²) in [5, 5.41) is 7.74. The highest BCUT2D eigenvalue weighted by Gasteiger charge is 2.35. The first-order valence-corrected chi connectivity index (χ1v) is 12.5. The van der Waals surface area contributed by atoms with Gasteiger partial charge in [-0.25, -0.2) is 4.79 Å². The zero-order valence-corrected chi connectivity index (χ0v) is 22.7. The van der Waals surface area contributed by atoms with E-state index in [1.807, 2.05) is 87.5 Å². The van der Waals surface area contributed by atoms with Crippen molar-refractivity contribution in [3.63, 3.8) is 0 Å². The second-order valence-electron chi connectivity index (χ2n) is 10.7. The molecule has 0 radical (unpaired) electrons. The van der Waals surface area contributed by atoms with E-state index in [1.165, 1.54) is 4.90 Å². The highest BCUT2D eigenvalue weighted by Crippen LogP contribution is 2.26. The average molecular weight is 504 g/mol. The number of likely N-dealkylation sites (N-methyl/N-ethyl adjacent to an activating group) is 1. The summed E-state index contributed by atoms with van der Waals surface area (Å²) in [6.45, 7) is 10.9. The van der Waals surface area contributed by atoms with Crippen LogP contribution in [0, 0.1) is 12.8 Å². The number of rotatable bonds is 7. The van der Waals surface area contributed by atoms with E-state index >= 15 is 0 Å². The smallest absolute Gasteiger partial charge is 0.408 e. The van der Waals surface area contributed by atoms with E-state index in [-0.39, 0.29) is 17.7 Å². The Kier molecular flexibility index (Phi) is 8.58. The van der Waals surface area contributed by atoms with Crippen molar-refractivity contribution in [2.45, 2.75) is 59.2 Å². The lowest BCUT2D eigenvalue weighted by Gasteiger charge is -2.33. The van der Waals surface area contributed by atoms with Gasteiger partial charge in [-0.1, -0.05) is 74.0 Å². The number of amides is 3. The third-order valence-electron chi connectivity index (χ3n) is 5.96. The SMILES string of the molecule is Cc1cccc(C(C(=O)Nc2ccc3ccccc3c2)N(C)C(=O)C(NC(=O)OC(C)(C)C)C(C)C)c1. The molecule has 0 aromatic heterocycles. The van der Waals surface area contributed by atoms with Crippen LogP contribution in [0.5, 0.6) is 0 Å². The van der Waals surface area contributed by atoms with Crippen LogP contribution >= 0.6 is 0 Å². The van der Waals surface area contributed by atoms with E-state index in [1.54, 1.807) is 27.8 Å². The lowest BCUT2D eigenvalue weighted by molar-refractivity contribution is -0.140. The molecular weight excluding hydrogens is 466 g/mol. The van der Waals surface area contributed by atoms with Crippen molar-refractivity contribution < 1.29 is 19.1 Å². The molecule has 37 heavy (non-hydrogen) atoms. The topological polar surface area (TPSA) is 87.7 Å². The monoisotopic (exact) mass is 503 g/mol. The van der Waals surface area contributed by atoms with Crippen LogP contribution < -0.4 is 10.6 Å². The van der Waals surface area contributed by atoms with Crippen LogP contribution in [-0.4, -0.2) is 41.5 Å². The van der Waals surface area contributed by atoms with E-state index in [4.69, 9.17) is 4.74 Å². The quantitative estimate of drug-likeness (QED) is 0.424. The van der Waals surface area contributed by atoms with Gasteiger partial charge in [-0.05, 0) is 62.1 Å². The molecule has 196 valence electrons. The minimum atomic E-state index is -0.916. The Balaban J connectivity index is 1.91. The van der Waals surface area contributed by atoms with Gasteiger partial charge in [-0.15, -0.1) is 0 Å². The first-order chi connectivity index (χ1) is 17.4. The molecule has 7 heteroatoms. The van der Waals surface area contributed by atoms with Gasteiger partial charge in [0.05, 0.1) is 0 Å². The summed E-state index contributed by atoms with van der Waals surface area (Å²) in [6.07, 6.45) is -0.680. The van der Waals surface area contributed by atoms with Crippen molar-refractivity contribution in [1.82, 2.24) is 10.2 Å². The summed E-state index contributed by atoms with van der Waals surface area (Å²) in [5.41, 5.74) is 1.57. The average Bonchev–Trinajstić information content (AvgIpc) is 2.81. The molecular formula is C30H37N3O4. The van der Waals surface area contributed by atoms with Gasteiger partial charge in [-0.3, -0.25) is 9.59 Å². The van der Waals surface area contributed by atoms with Crippen molar-refractivity contribution >= 4 is 34.4 Å². The third kappa shape index (κ3) is 7.32. The molecule has 3 aromatic rings. The number of fused-ring (bicyclic) bond motifs is 1. The molecule has 3 aromatic carbocycles. The Morgan fingerprint density at radius 1 is 0.892 bits per heavy atom. The Bertz CT molecular complexity index is 1280. The molecule has 0 saturated carbocycles. The summed E-state index contributed by atoms with van der Waals surface area (Å²) in [6, 6.07) is 19.3. The van der Waals surface area contributed by atoms with Gasteiger partial charge in [0.2, 0.25) is 5.91 Å². The predicted octanol–water partition coefficient (Wildman–Crippen LogP) is 5.84. The molecule has 0 heterocycles. The molecule has 0 spiro atoms. The Morgan fingerprint density at radius 3 is 2.19 bits per heavy atom. The molecule has 7 nitrogen and oxygen atoms in total. The summed E-state index contributed by atoms with van der Waals surface area (Å²) >= 11 is 0. The highest BCUT2D eigenvalue weighted by atomic mass is 16.6. The van der Waals surface area contributed by atoms with Crippen LogP contribution in [0.1, 0.15) is 51.8 Å². The zero-order chi connectivity index (χ0) is 27.3. The fraction of sp³-hybridized carbons (Fsp3) is 0.367. The minimum Gasteiger partial charge on any atom is -0.444 e. The molecule has 3 amide bonds. The van der Waals surface area contributed by atoms with E-state index < -0.39 is 23.8 Å². The number of anilines is 1. The van der Waals surface area contributed by atoms with Crippen molar-refractivity contribution in [1.29, 1.82) is 0 Å². The maximum absolute atomic E-state index is 13.7. The van der Waals surface area contributed by atoms with E-state index in [2.05, 4.69) is 10.6 Å². The first-order valence-electron chi connectivity index (χ1n) is 12.5. The number of ether oxygens (including phenoxy) is 1. The fourth-order valence-corrected chi connectivity index (χ4v) is 4.16. The molecule has 0 fully saturated rings. The minimum absolute atomic E-state index is 0.232. The number of hydrogen-bond donors (Lipinski definition) is 2. The molecule has 0 saturated heterocycles. The maximum Gasteiger partial charge on any atom is 0.408 e. The maximum atomic E-state index is 13.7. The number of alkyl carbamates (subject to hydrolysis) is 1. The van der Waals surface area contributed by atoms with Gasteiger partial charge in [0, 0.05) is 12.7 Å². The summed E-state index contributed by atoms with van der Waals surface area (Å²) in [7, 11) is 1.58. The highest BCUT2D eigenvalue weighted by molar-refractivity contribution is 6.00. The number of hydrogen-bond acceptors (Lipinski definition) is 4. The number of carbonyl (C=O) groups excluding carboxylic acids is 3. The van der Waals surface area contributed by atoms with Gasteiger partial charge < -0.3 is 20.3 Å². The largest absolute Gasteiger partial charge is 0.444 e. The van der Waals surface area contributed by atoms with Crippen LogP contribution in [0.4, 0.5) is 10.5 Å². The summed E-state index contributed by atoms with van der Waals surface area (Å²) in [5.74, 6) is -0.971. The normalized spacial score (nSPS) is 13.1. The lowest BCUT2D eigenvalue weighted by Crippen LogP contribution is -2.53. The second kappa shape index (κ2) is 11.5. The molecule has 3 rings (SSSR count). The molecule has 0 aliphatic heterocycles. The molecule has 0 aliphatic carbocycles. The molecule has 0 aliphatic rings. The zero-order valence-electron chi connectivity index (χ0n) is 22.7. The Labute approximate surface area is 219 Å². The number of nitrogens with one attached hydrogen (secondary N) is 2. The van der Waals surface area contributed by atoms with Crippen molar-refractivity contribution in [2.24, 2.45) is 5.92 Å². The van der Waals surface area contributed by atoms with Gasteiger partial charge in [0.15, 0.2) is 0 Å². The van der Waals surface area contributed by atoms with E-state index in [0.717, 1.165) is 16.3 Å². The third-order valence-corrected chi connectivity index (χ3v) is 5.96. The lowest BCUT2D eigenvalue weighted by atomic mass is 9.98. The Morgan fingerprint density at radius 2 is 1.57 bits per heavy atom.